The molecule has 0 aliphatic heterocycles. The van der Waals surface area contributed by atoms with E-state index < -0.39 is 0 Å². The van der Waals surface area contributed by atoms with Crippen LogP contribution in [0.1, 0.15) is 52.3 Å². The zero-order chi connectivity index (χ0) is 12.4. The average Bonchev–Trinajstić information content (AvgIpc) is 2.86. The molecule has 1 aromatic heterocycles. The zero-order valence-electron chi connectivity index (χ0n) is 11.5. The number of imidazole rings is 1. The molecule has 1 aromatic rings. The Balaban J connectivity index is 1.92. The highest BCUT2D eigenvalue weighted by atomic mass is 15.1. The van der Waals surface area contributed by atoms with Crippen LogP contribution in [0.15, 0.2) is 12.5 Å². The monoisotopic (exact) mass is 235 g/mol. The highest BCUT2D eigenvalue weighted by Gasteiger charge is 2.29. The van der Waals surface area contributed by atoms with Crippen molar-refractivity contribution < 1.29 is 0 Å². The summed E-state index contributed by atoms with van der Waals surface area (Å²) in [6, 6.07) is 1.18. The van der Waals surface area contributed by atoms with Crippen LogP contribution in [0, 0.1) is 11.8 Å². The fraction of sp³-hybridized carbons (Fsp3) is 0.786. The molecule has 0 spiro atoms. The van der Waals surface area contributed by atoms with Gasteiger partial charge in [0.25, 0.3) is 0 Å². The molecule has 0 aromatic carbocycles. The van der Waals surface area contributed by atoms with E-state index in [0.717, 1.165) is 18.4 Å². The van der Waals surface area contributed by atoms with E-state index >= 15 is 0 Å². The first-order valence-corrected chi connectivity index (χ1v) is 6.83. The van der Waals surface area contributed by atoms with Gasteiger partial charge in [0.15, 0.2) is 0 Å². The minimum absolute atomic E-state index is 0.495. The Morgan fingerprint density at radius 2 is 2.18 bits per heavy atom. The summed E-state index contributed by atoms with van der Waals surface area (Å²) in [4.78, 5) is 4.25. The lowest BCUT2D eigenvalue weighted by Crippen LogP contribution is -2.32. The van der Waals surface area contributed by atoms with Gasteiger partial charge in [-0.25, -0.2) is 4.98 Å². The van der Waals surface area contributed by atoms with Gasteiger partial charge in [-0.15, -0.1) is 0 Å². The molecule has 2 rings (SSSR count). The minimum Gasteiger partial charge on any atom is -0.331 e. The average molecular weight is 235 g/mol. The molecule has 3 heteroatoms. The molecule has 1 fully saturated rings. The lowest BCUT2D eigenvalue weighted by molar-refractivity contribution is 0.365. The van der Waals surface area contributed by atoms with Gasteiger partial charge in [0.2, 0.25) is 0 Å². The van der Waals surface area contributed by atoms with E-state index in [4.69, 9.17) is 0 Å². The molecule has 1 N–H and O–H groups in total. The van der Waals surface area contributed by atoms with Gasteiger partial charge in [0, 0.05) is 24.8 Å². The van der Waals surface area contributed by atoms with Crippen molar-refractivity contribution >= 4 is 0 Å². The Labute approximate surface area is 105 Å². The fourth-order valence-corrected chi connectivity index (χ4v) is 2.82. The number of hydrogen-bond acceptors (Lipinski definition) is 2. The van der Waals surface area contributed by atoms with Crippen molar-refractivity contribution in [3.63, 3.8) is 0 Å². The molecule has 96 valence electrons. The molecule has 0 bridgehead atoms. The van der Waals surface area contributed by atoms with E-state index in [1.165, 1.54) is 18.5 Å². The van der Waals surface area contributed by atoms with E-state index in [0.29, 0.717) is 12.1 Å². The first-order valence-electron chi connectivity index (χ1n) is 6.83. The normalized spacial score (nSPS) is 29.1. The van der Waals surface area contributed by atoms with Gasteiger partial charge < -0.3 is 9.88 Å². The van der Waals surface area contributed by atoms with Crippen LogP contribution in [0.3, 0.4) is 0 Å². The maximum Gasteiger partial charge on any atom is 0.0951 e. The Kier molecular flexibility index (Phi) is 3.87. The summed E-state index contributed by atoms with van der Waals surface area (Å²) in [5.41, 5.74) is 1.30. The predicted molar refractivity (Wildman–Crippen MR) is 70.8 cm³/mol. The summed E-state index contributed by atoms with van der Waals surface area (Å²) in [6.45, 7) is 10.1. The van der Waals surface area contributed by atoms with E-state index in [9.17, 15) is 0 Å². The molecule has 1 aliphatic carbocycles. The first kappa shape index (κ1) is 12.6. The number of aromatic nitrogens is 2. The van der Waals surface area contributed by atoms with Gasteiger partial charge in [0.05, 0.1) is 12.0 Å². The van der Waals surface area contributed by atoms with Crippen LogP contribution >= 0.6 is 0 Å². The SMILES string of the molecule is CC1CCC(NCc2cncn2C(C)C)C1C. The van der Waals surface area contributed by atoms with Gasteiger partial charge >= 0.3 is 0 Å². The van der Waals surface area contributed by atoms with Crippen LogP contribution in [-0.2, 0) is 6.54 Å². The largest absolute Gasteiger partial charge is 0.331 e. The van der Waals surface area contributed by atoms with Crippen molar-refractivity contribution in [1.82, 2.24) is 14.9 Å². The third-order valence-corrected chi connectivity index (χ3v) is 4.31. The summed E-state index contributed by atoms with van der Waals surface area (Å²) in [5, 5.41) is 3.70. The maximum absolute atomic E-state index is 4.25. The molecule has 1 saturated carbocycles. The lowest BCUT2D eigenvalue weighted by atomic mass is 9.98. The number of nitrogens with zero attached hydrogens (tertiary/aromatic N) is 2. The molecule has 0 amide bonds. The standard InChI is InChI=1S/C14H25N3/c1-10(2)17-9-15-7-13(17)8-16-14-6-5-11(3)12(14)4/h7,9-12,14,16H,5-6,8H2,1-4H3. The van der Waals surface area contributed by atoms with Crippen LogP contribution < -0.4 is 5.32 Å². The highest BCUT2D eigenvalue weighted by Crippen LogP contribution is 2.31. The van der Waals surface area contributed by atoms with Crippen LogP contribution in [0.4, 0.5) is 0 Å². The zero-order valence-corrected chi connectivity index (χ0v) is 11.5. The molecule has 1 heterocycles. The molecule has 1 aliphatic rings. The Hall–Kier alpha value is -0.830. The summed E-state index contributed by atoms with van der Waals surface area (Å²) in [6.07, 6.45) is 6.60. The smallest absolute Gasteiger partial charge is 0.0951 e. The molecule has 0 saturated heterocycles. The second-order valence-corrected chi connectivity index (χ2v) is 5.79. The topological polar surface area (TPSA) is 29.9 Å². The second kappa shape index (κ2) is 5.21. The van der Waals surface area contributed by atoms with Crippen molar-refractivity contribution in [2.45, 2.75) is 59.2 Å². The van der Waals surface area contributed by atoms with Gasteiger partial charge in [0.1, 0.15) is 0 Å². The van der Waals surface area contributed by atoms with E-state index in [-0.39, 0.29) is 0 Å². The quantitative estimate of drug-likeness (QED) is 0.869. The molecule has 0 radical (unpaired) electrons. The van der Waals surface area contributed by atoms with Gasteiger partial charge in [-0.1, -0.05) is 13.8 Å². The van der Waals surface area contributed by atoms with Crippen molar-refractivity contribution in [2.24, 2.45) is 11.8 Å². The van der Waals surface area contributed by atoms with Crippen molar-refractivity contribution in [1.29, 1.82) is 0 Å². The third kappa shape index (κ3) is 2.71. The number of hydrogen-bond donors (Lipinski definition) is 1. The second-order valence-electron chi connectivity index (χ2n) is 5.79. The molecule has 3 unspecified atom stereocenters. The number of rotatable bonds is 4. The predicted octanol–water partition coefficient (Wildman–Crippen LogP) is 2.99. The van der Waals surface area contributed by atoms with Crippen LogP contribution in [-0.4, -0.2) is 15.6 Å². The van der Waals surface area contributed by atoms with Crippen LogP contribution in [0.5, 0.6) is 0 Å². The van der Waals surface area contributed by atoms with Crippen LogP contribution in [0.25, 0.3) is 0 Å². The molecule has 3 atom stereocenters. The summed E-state index contributed by atoms with van der Waals surface area (Å²) >= 11 is 0. The Morgan fingerprint density at radius 1 is 1.41 bits per heavy atom. The van der Waals surface area contributed by atoms with Crippen LogP contribution in [0.2, 0.25) is 0 Å². The van der Waals surface area contributed by atoms with E-state index in [1.54, 1.807) is 0 Å². The Morgan fingerprint density at radius 3 is 2.76 bits per heavy atom. The minimum atomic E-state index is 0.495. The number of nitrogens with one attached hydrogen (secondary N) is 1. The molecular formula is C14H25N3. The fourth-order valence-electron chi connectivity index (χ4n) is 2.82. The van der Waals surface area contributed by atoms with Gasteiger partial charge in [-0.3, -0.25) is 0 Å². The summed E-state index contributed by atoms with van der Waals surface area (Å²) in [5.74, 6) is 1.66. The Bertz CT molecular complexity index is 356. The van der Waals surface area contributed by atoms with E-state index in [1.807, 2.05) is 12.5 Å². The first-order chi connectivity index (χ1) is 8.09. The van der Waals surface area contributed by atoms with Gasteiger partial charge in [-0.05, 0) is 38.5 Å². The van der Waals surface area contributed by atoms with Crippen molar-refractivity contribution in [2.75, 3.05) is 0 Å². The maximum atomic E-state index is 4.25. The molecule has 3 nitrogen and oxygen atoms in total. The lowest BCUT2D eigenvalue weighted by Gasteiger charge is -2.20. The van der Waals surface area contributed by atoms with Gasteiger partial charge in [-0.2, -0.15) is 0 Å². The summed E-state index contributed by atoms with van der Waals surface area (Å²) < 4.78 is 2.25. The van der Waals surface area contributed by atoms with Crippen molar-refractivity contribution in [3.05, 3.63) is 18.2 Å². The molecular weight excluding hydrogens is 210 g/mol. The highest BCUT2D eigenvalue weighted by molar-refractivity contribution is 5.00. The van der Waals surface area contributed by atoms with E-state index in [2.05, 4.69) is 42.6 Å². The van der Waals surface area contributed by atoms with Crippen molar-refractivity contribution in [3.8, 4) is 0 Å². The summed E-state index contributed by atoms with van der Waals surface area (Å²) in [7, 11) is 0. The molecule has 17 heavy (non-hydrogen) atoms. The third-order valence-electron chi connectivity index (χ3n) is 4.31.